The maximum Gasteiger partial charge on any atom is 0.216 e. The highest BCUT2D eigenvalue weighted by Crippen LogP contribution is 2.27. The molecule has 5 nitrogen and oxygen atoms in total. The van der Waals surface area contributed by atoms with E-state index in [0.29, 0.717) is 19.1 Å². The predicted molar refractivity (Wildman–Crippen MR) is 108 cm³/mol. The van der Waals surface area contributed by atoms with Gasteiger partial charge in [0, 0.05) is 26.1 Å². The first-order valence-corrected chi connectivity index (χ1v) is 8.91. The molecule has 136 valence electrons. The van der Waals surface area contributed by atoms with Crippen LogP contribution in [0.2, 0.25) is 0 Å². The zero-order chi connectivity index (χ0) is 16.2. The Kier molecular flexibility index (Phi) is 13.5. The van der Waals surface area contributed by atoms with Crippen LogP contribution < -0.4 is 16.0 Å². The van der Waals surface area contributed by atoms with Crippen LogP contribution in [0, 0.1) is 5.92 Å². The fourth-order valence-corrected chi connectivity index (χ4v) is 2.99. The van der Waals surface area contributed by atoms with Gasteiger partial charge in [0.25, 0.3) is 0 Å². The van der Waals surface area contributed by atoms with Crippen molar-refractivity contribution in [1.82, 2.24) is 16.0 Å². The van der Waals surface area contributed by atoms with Gasteiger partial charge in [-0.15, -0.1) is 24.0 Å². The predicted octanol–water partition coefficient (Wildman–Crippen LogP) is 3.04. The summed E-state index contributed by atoms with van der Waals surface area (Å²) in [5.74, 6) is 1.77. The van der Waals surface area contributed by atoms with Gasteiger partial charge in [-0.25, -0.2) is 0 Å². The summed E-state index contributed by atoms with van der Waals surface area (Å²) in [5.41, 5.74) is 0. The quantitative estimate of drug-likeness (QED) is 0.236. The Morgan fingerprint density at radius 3 is 2.52 bits per heavy atom. The van der Waals surface area contributed by atoms with E-state index in [0.717, 1.165) is 18.4 Å². The average molecular weight is 438 g/mol. The average Bonchev–Trinajstić information content (AvgIpc) is 2.50. The number of amides is 1. The molecule has 1 unspecified atom stereocenters. The summed E-state index contributed by atoms with van der Waals surface area (Å²) in [6.45, 7) is 7.86. The molecule has 1 aliphatic rings. The van der Waals surface area contributed by atoms with Crippen molar-refractivity contribution in [3.05, 3.63) is 0 Å². The van der Waals surface area contributed by atoms with Crippen LogP contribution >= 0.6 is 24.0 Å². The van der Waals surface area contributed by atoms with Crippen LogP contribution in [0.5, 0.6) is 0 Å². The van der Waals surface area contributed by atoms with Crippen LogP contribution in [0.3, 0.4) is 0 Å². The number of carbonyl (C=O) groups excluding carboxylic acids is 1. The van der Waals surface area contributed by atoms with Gasteiger partial charge in [0.15, 0.2) is 5.96 Å². The highest BCUT2D eigenvalue weighted by atomic mass is 127. The third-order valence-electron chi connectivity index (χ3n) is 4.22. The Hall–Kier alpha value is -0.530. The van der Waals surface area contributed by atoms with Crippen molar-refractivity contribution < 1.29 is 4.79 Å². The summed E-state index contributed by atoms with van der Waals surface area (Å²) in [4.78, 5) is 15.3. The lowest BCUT2D eigenvalue weighted by molar-refractivity contribution is -0.118. The summed E-state index contributed by atoms with van der Waals surface area (Å²) in [5, 5.41) is 9.50. The summed E-state index contributed by atoms with van der Waals surface area (Å²) in [6.07, 6.45) is 9.60. The number of guanidine groups is 1. The molecule has 0 aromatic rings. The molecule has 1 rings (SSSR count). The molecule has 0 aromatic carbocycles. The van der Waals surface area contributed by atoms with E-state index in [1.807, 2.05) is 0 Å². The first-order valence-electron chi connectivity index (χ1n) is 8.91. The van der Waals surface area contributed by atoms with Gasteiger partial charge in [-0.3, -0.25) is 9.79 Å². The van der Waals surface area contributed by atoms with Crippen molar-refractivity contribution in [2.75, 3.05) is 19.6 Å². The van der Waals surface area contributed by atoms with Crippen LogP contribution in [-0.4, -0.2) is 37.5 Å². The van der Waals surface area contributed by atoms with Crippen molar-refractivity contribution in [3.8, 4) is 0 Å². The lowest BCUT2D eigenvalue weighted by atomic mass is 9.85. The molecular weight excluding hydrogens is 403 g/mol. The molecule has 1 saturated carbocycles. The Labute approximate surface area is 158 Å². The first kappa shape index (κ1) is 22.5. The SMILES string of the molecule is CCNC(=NCCNC(C)=O)NC(C)CCC1CCCCC1.I. The van der Waals surface area contributed by atoms with E-state index in [4.69, 9.17) is 0 Å². The second-order valence-electron chi connectivity index (χ2n) is 6.37. The zero-order valence-corrected chi connectivity index (χ0v) is 17.3. The van der Waals surface area contributed by atoms with Crippen LogP contribution in [0.25, 0.3) is 0 Å². The lowest BCUT2D eigenvalue weighted by Gasteiger charge is -2.24. The molecule has 0 spiro atoms. The Balaban J connectivity index is 0.00000484. The molecule has 3 N–H and O–H groups in total. The largest absolute Gasteiger partial charge is 0.357 e. The highest BCUT2D eigenvalue weighted by molar-refractivity contribution is 14.0. The number of aliphatic imine (C=N–C) groups is 1. The number of carbonyl (C=O) groups is 1. The summed E-state index contributed by atoms with van der Waals surface area (Å²) in [7, 11) is 0. The van der Waals surface area contributed by atoms with Crippen molar-refractivity contribution >= 4 is 35.8 Å². The number of nitrogens with one attached hydrogen (secondary N) is 3. The fraction of sp³-hybridized carbons (Fsp3) is 0.882. The van der Waals surface area contributed by atoms with Gasteiger partial charge in [0.05, 0.1) is 6.54 Å². The topological polar surface area (TPSA) is 65.5 Å². The Bertz CT molecular complexity index is 343. The van der Waals surface area contributed by atoms with E-state index in [1.54, 1.807) is 0 Å². The minimum Gasteiger partial charge on any atom is -0.357 e. The molecular formula is C17H35IN4O. The van der Waals surface area contributed by atoms with Gasteiger partial charge in [0.1, 0.15) is 0 Å². The Morgan fingerprint density at radius 1 is 1.22 bits per heavy atom. The van der Waals surface area contributed by atoms with Gasteiger partial charge in [-0.2, -0.15) is 0 Å². The van der Waals surface area contributed by atoms with Gasteiger partial charge >= 0.3 is 0 Å². The first-order chi connectivity index (χ1) is 10.6. The number of rotatable bonds is 8. The smallest absolute Gasteiger partial charge is 0.216 e. The molecule has 0 radical (unpaired) electrons. The molecule has 0 aliphatic heterocycles. The minimum atomic E-state index is -0.00555. The monoisotopic (exact) mass is 438 g/mol. The van der Waals surface area contributed by atoms with Crippen LogP contribution in [0.15, 0.2) is 4.99 Å². The third kappa shape index (κ3) is 11.6. The number of hydrogen-bond acceptors (Lipinski definition) is 2. The maximum atomic E-state index is 10.8. The number of nitrogens with zero attached hydrogens (tertiary/aromatic N) is 1. The maximum absolute atomic E-state index is 10.8. The summed E-state index contributed by atoms with van der Waals surface area (Å²) in [6, 6.07) is 0.431. The fourth-order valence-electron chi connectivity index (χ4n) is 2.99. The molecule has 0 saturated heterocycles. The molecule has 0 heterocycles. The van der Waals surface area contributed by atoms with Crippen molar-refractivity contribution in [3.63, 3.8) is 0 Å². The highest BCUT2D eigenvalue weighted by Gasteiger charge is 2.14. The van der Waals surface area contributed by atoms with Gasteiger partial charge in [0.2, 0.25) is 5.91 Å². The molecule has 1 aliphatic carbocycles. The van der Waals surface area contributed by atoms with Crippen LogP contribution in [0.4, 0.5) is 0 Å². The second-order valence-corrected chi connectivity index (χ2v) is 6.37. The molecule has 6 heteroatoms. The molecule has 0 aromatic heterocycles. The molecule has 23 heavy (non-hydrogen) atoms. The van der Waals surface area contributed by atoms with Crippen LogP contribution in [-0.2, 0) is 4.79 Å². The lowest BCUT2D eigenvalue weighted by Crippen LogP contribution is -2.42. The van der Waals surface area contributed by atoms with E-state index in [9.17, 15) is 4.79 Å². The minimum absolute atomic E-state index is 0. The van der Waals surface area contributed by atoms with E-state index < -0.39 is 0 Å². The molecule has 0 bridgehead atoms. The third-order valence-corrected chi connectivity index (χ3v) is 4.22. The van der Waals surface area contributed by atoms with Crippen LogP contribution in [0.1, 0.15) is 65.7 Å². The van der Waals surface area contributed by atoms with Gasteiger partial charge in [-0.1, -0.05) is 32.1 Å². The summed E-state index contributed by atoms with van der Waals surface area (Å²) >= 11 is 0. The Morgan fingerprint density at radius 2 is 1.91 bits per heavy atom. The van der Waals surface area contributed by atoms with Gasteiger partial charge < -0.3 is 16.0 Å². The van der Waals surface area contributed by atoms with E-state index in [-0.39, 0.29) is 29.9 Å². The van der Waals surface area contributed by atoms with Crippen molar-refractivity contribution in [1.29, 1.82) is 0 Å². The van der Waals surface area contributed by atoms with Crippen molar-refractivity contribution in [2.45, 2.75) is 71.8 Å². The normalized spacial score (nSPS) is 17.1. The molecule has 1 amide bonds. The molecule has 1 fully saturated rings. The van der Waals surface area contributed by atoms with E-state index >= 15 is 0 Å². The van der Waals surface area contributed by atoms with E-state index in [2.05, 4.69) is 34.8 Å². The number of hydrogen-bond donors (Lipinski definition) is 3. The second kappa shape index (κ2) is 13.9. The number of halogens is 1. The summed E-state index contributed by atoms with van der Waals surface area (Å²) < 4.78 is 0. The molecule has 1 atom stereocenters. The van der Waals surface area contributed by atoms with Gasteiger partial charge in [-0.05, 0) is 32.6 Å². The van der Waals surface area contributed by atoms with E-state index in [1.165, 1.54) is 51.9 Å². The zero-order valence-electron chi connectivity index (χ0n) is 15.0. The van der Waals surface area contributed by atoms with Crippen molar-refractivity contribution in [2.24, 2.45) is 10.9 Å². The standard InChI is InChI=1S/C17H34N4O.HI/c1-4-18-17(20-13-12-19-15(3)22)21-14(2)10-11-16-8-6-5-7-9-16;/h14,16H,4-13H2,1-3H3,(H,19,22)(H2,18,20,21);1H.